The third-order valence-corrected chi connectivity index (χ3v) is 4.22. The topological polar surface area (TPSA) is 87.3 Å². The lowest BCUT2D eigenvalue weighted by molar-refractivity contribution is -0.135. The molecule has 1 aliphatic rings. The molecule has 2 rings (SSSR count). The number of carbonyl (C=O) groups is 2. The Balaban J connectivity index is 2.18. The van der Waals surface area contributed by atoms with Crippen LogP contribution in [0.4, 0.5) is 4.79 Å². The van der Waals surface area contributed by atoms with Crippen LogP contribution >= 0.6 is 0 Å². The minimum Gasteiger partial charge on any atom is -0.453 e. The minimum absolute atomic E-state index is 0.0616. The molecule has 0 aromatic carbocycles. The number of rotatable bonds is 4. The van der Waals surface area contributed by atoms with Crippen molar-refractivity contribution in [2.45, 2.75) is 45.7 Å². The van der Waals surface area contributed by atoms with Crippen LogP contribution < -0.4 is 5.32 Å². The zero-order valence-electron chi connectivity index (χ0n) is 15.5. The molecule has 0 radical (unpaired) electrons. The summed E-state index contributed by atoms with van der Waals surface area (Å²) >= 11 is 0. The standard InChI is InChI=1S/C19H24N4O3/c1-5-6-7-9-14-12-20-17(21-14)15-10-8-11-23(15)18(24)16(13(2)3)22-19(25)26-4/h12-13,15-16H,8,10-11H2,1-4H3,(H,20,21)(H,22,25)/t15-,16-/m0/s1. The van der Waals surface area contributed by atoms with Crippen molar-refractivity contribution in [3.8, 4) is 23.7 Å². The van der Waals surface area contributed by atoms with Crippen molar-refractivity contribution in [2.24, 2.45) is 5.92 Å². The number of carbonyl (C=O) groups excluding carboxylic acids is 2. The van der Waals surface area contributed by atoms with E-state index in [2.05, 4.69) is 43.7 Å². The van der Waals surface area contributed by atoms with E-state index in [0.717, 1.165) is 12.8 Å². The Hall–Kier alpha value is -2.93. The first kappa shape index (κ1) is 19.4. The Morgan fingerprint density at radius 1 is 1.42 bits per heavy atom. The summed E-state index contributed by atoms with van der Waals surface area (Å²) in [6, 6.07) is -0.798. The van der Waals surface area contributed by atoms with E-state index in [4.69, 9.17) is 0 Å². The molecule has 1 aromatic heterocycles. The summed E-state index contributed by atoms with van der Waals surface area (Å²) in [6.07, 6.45) is 2.72. The molecule has 26 heavy (non-hydrogen) atoms. The lowest BCUT2D eigenvalue weighted by atomic mass is 10.0. The maximum atomic E-state index is 13.0. The SMILES string of the molecule is CC#CC#Cc1cnc([C@@H]2CCCN2C(=O)[C@@H](NC(=O)OC)C(C)C)[nH]1. The number of ether oxygens (including phenoxy) is 1. The molecule has 0 spiro atoms. The lowest BCUT2D eigenvalue weighted by Crippen LogP contribution is -2.51. The zero-order chi connectivity index (χ0) is 19.1. The van der Waals surface area contributed by atoms with Crippen LogP contribution in [0.1, 0.15) is 51.2 Å². The maximum absolute atomic E-state index is 13.0. The summed E-state index contributed by atoms with van der Waals surface area (Å²) in [5.74, 6) is 11.5. The fraction of sp³-hybridized carbons (Fsp3) is 0.526. The van der Waals surface area contributed by atoms with Crippen molar-refractivity contribution in [3.05, 3.63) is 17.7 Å². The number of nitrogens with zero attached hydrogens (tertiary/aromatic N) is 2. The molecule has 0 bridgehead atoms. The normalized spacial score (nSPS) is 17.0. The molecule has 7 heteroatoms. The van der Waals surface area contributed by atoms with Gasteiger partial charge in [-0.15, -0.1) is 0 Å². The molecule has 2 heterocycles. The van der Waals surface area contributed by atoms with E-state index in [0.29, 0.717) is 18.1 Å². The third kappa shape index (κ3) is 4.58. The van der Waals surface area contributed by atoms with Crippen molar-refractivity contribution in [2.75, 3.05) is 13.7 Å². The van der Waals surface area contributed by atoms with Crippen LogP contribution in [0, 0.1) is 29.6 Å². The Kier molecular flexibility index (Phi) is 6.68. The number of amides is 2. The Morgan fingerprint density at radius 2 is 2.19 bits per heavy atom. The average Bonchev–Trinajstić information content (AvgIpc) is 3.27. The van der Waals surface area contributed by atoms with E-state index < -0.39 is 12.1 Å². The van der Waals surface area contributed by atoms with Gasteiger partial charge in [0.15, 0.2) is 0 Å². The summed E-state index contributed by atoms with van der Waals surface area (Å²) in [5, 5.41) is 2.63. The number of aromatic amines is 1. The zero-order valence-corrected chi connectivity index (χ0v) is 15.5. The second-order valence-electron chi connectivity index (χ2n) is 6.35. The molecule has 138 valence electrons. The molecule has 1 aliphatic heterocycles. The Bertz CT molecular complexity index is 776. The Morgan fingerprint density at radius 3 is 2.85 bits per heavy atom. The monoisotopic (exact) mass is 356 g/mol. The summed E-state index contributed by atoms with van der Waals surface area (Å²) in [6.45, 7) is 6.12. The van der Waals surface area contributed by atoms with E-state index in [1.165, 1.54) is 7.11 Å². The van der Waals surface area contributed by atoms with Gasteiger partial charge in [0.05, 0.1) is 19.3 Å². The van der Waals surface area contributed by atoms with E-state index >= 15 is 0 Å². The highest BCUT2D eigenvalue weighted by Gasteiger charge is 2.37. The highest BCUT2D eigenvalue weighted by molar-refractivity contribution is 5.86. The summed E-state index contributed by atoms with van der Waals surface area (Å²) in [7, 11) is 1.28. The van der Waals surface area contributed by atoms with Gasteiger partial charge in [-0.05, 0) is 43.4 Å². The van der Waals surface area contributed by atoms with Gasteiger partial charge in [0.25, 0.3) is 0 Å². The molecule has 7 nitrogen and oxygen atoms in total. The number of hydrogen-bond donors (Lipinski definition) is 2. The van der Waals surface area contributed by atoms with Gasteiger partial charge >= 0.3 is 6.09 Å². The van der Waals surface area contributed by atoms with Crippen molar-refractivity contribution >= 4 is 12.0 Å². The van der Waals surface area contributed by atoms with Gasteiger partial charge in [-0.25, -0.2) is 9.78 Å². The van der Waals surface area contributed by atoms with Gasteiger partial charge in [-0.2, -0.15) is 0 Å². The van der Waals surface area contributed by atoms with E-state index in [1.807, 2.05) is 13.8 Å². The first-order chi connectivity index (χ1) is 12.5. The smallest absolute Gasteiger partial charge is 0.407 e. The number of aromatic nitrogens is 2. The summed E-state index contributed by atoms with van der Waals surface area (Å²) in [5.41, 5.74) is 0.662. The molecule has 2 amide bonds. The third-order valence-electron chi connectivity index (χ3n) is 4.22. The second-order valence-corrected chi connectivity index (χ2v) is 6.35. The molecular weight excluding hydrogens is 332 g/mol. The van der Waals surface area contributed by atoms with Crippen LogP contribution in [0.5, 0.6) is 0 Å². The number of alkyl carbamates (subject to hydrolysis) is 1. The van der Waals surface area contributed by atoms with Crippen molar-refractivity contribution in [1.29, 1.82) is 0 Å². The van der Waals surface area contributed by atoms with E-state index in [-0.39, 0.29) is 17.9 Å². The van der Waals surface area contributed by atoms with Crippen molar-refractivity contribution in [1.82, 2.24) is 20.2 Å². The number of methoxy groups -OCH3 is 1. The second kappa shape index (κ2) is 8.96. The fourth-order valence-electron chi connectivity index (χ4n) is 2.92. The highest BCUT2D eigenvalue weighted by Crippen LogP contribution is 2.31. The number of nitrogens with one attached hydrogen (secondary N) is 2. The first-order valence-corrected chi connectivity index (χ1v) is 8.60. The number of hydrogen-bond acceptors (Lipinski definition) is 4. The number of imidazole rings is 1. The van der Waals surface area contributed by atoms with Gasteiger partial charge in [-0.3, -0.25) is 4.79 Å². The predicted molar refractivity (Wildman–Crippen MR) is 96.8 cm³/mol. The number of likely N-dealkylation sites (tertiary alicyclic amines) is 1. The molecule has 1 aromatic rings. The van der Waals surface area contributed by atoms with Crippen LogP contribution in [0.25, 0.3) is 0 Å². The Labute approximate surface area is 153 Å². The first-order valence-electron chi connectivity index (χ1n) is 8.60. The van der Waals surface area contributed by atoms with E-state index in [9.17, 15) is 9.59 Å². The van der Waals surface area contributed by atoms with Crippen LogP contribution in [-0.2, 0) is 9.53 Å². The largest absolute Gasteiger partial charge is 0.453 e. The molecule has 1 saturated heterocycles. The van der Waals surface area contributed by atoms with Gasteiger partial charge < -0.3 is 19.9 Å². The van der Waals surface area contributed by atoms with Gasteiger partial charge in [-0.1, -0.05) is 19.8 Å². The summed E-state index contributed by atoms with van der Waals surface area (Å²) in [4.78, 5) is 33.9. The quantitative estimate of drug-likeness (QED) is 0.806. The van der Waals surface area contributed by atoms with E-state index in [1.54, 1.807) is 18.0 Å². The van der Waals surface area contributed by atoms with Gasteiger partial charge in [0.1, 0.15) is 17.6 Å². The molecule has 0 aliphatic carbocycles. The average molecular weight is 356 g/mol. The van der Waals surface area contributed by atoms with Crippen molar-refractivity contribution < 1.29 is 14.3 Å². The van der Waals surface area contributed by atoms with Crippen LogP contribution in [0.2, 0.25) is 0 Å². The molecule has 1 fully saturated rings. The lowest BCUT2D eigenvalue weighted by Gasteiger charge is -2.29. The van der Waals surface area contributed by atoms with Crippen LogP contribution in [0.3, 0.4) is 0 Å². The fourth-order valence-corrected chi connectivity index (χ4v) is 2.92. The van der Waals surface area contributed by atoms with Gasteiger partial charge in [0, 0.05) is 6.54 Å². The molecule has 0 unspecified atom stereocenters. The molecule has 2 atom stereocenters. The van der Waals surface area contributed by atoms with Crippen molar-refractivity contribution in [3.63, 3.8) is 0 Å². The van der Waals surface area contributed by atoms with Crippen LogP contribution in [-0.4, -0.2) is 46.6 Å². The van der Waals surface area contributed by atoms with Gasteiger partial charge in [0.2, 0.25) is 5.91 Å². The molecule has 2 N–H and O–H groups in total. The summed E-state index contributed by atoms with van der Waals surface area (Å²) < 4.78 is 4.64. The molecule has 0 saturated carbocycles. The minimum atomic E-state index is -0.642. The molecular formula is C19H24N4O3. The highest BCUT2D eigenvalue weighted by atomic mass is 16.5. The number of H-pyrrole nitrogens is 1. The maximum Gasteiger partial charge on any atom is 0.407 e. The predicted octanol–water partition coefficient (Wildman–Crippen LogP) is 1.83. The van der Waals surface area contributed by atoms with Crippen LogP contribution in [0.15, 0.2) is 6.20 Å².